The Morgan fingerprint density at radius 2 is 1.80 bits per heavy atom. The molecule has 3 nitrogen and oxygen atoms in total. The lowest BCUT2D eigenvalue weighted by Crippen LogP contribution is -2.51. The van der Waals surface area contributed by atoms with E-state index in [-0.39, 0.29) is 17.6 Å². The Balaban J connectivity index is 2.10. The van der Waals surface area contributed by atoms with Gasteiger partial charge in [-0.1, -0.05) is 39.5 Å². The number of carbonyl (C=O) groups is 1. The first kappa shape index (κ1) is 15.8. The molecular weight excluding hydrogens is 250 g/mol. The van der Waals surface area contributed by atoms with Gasteiger partial charge in [0.05, 0.1) is 12.1 Å². The van der Waals surface area contributed by atoms with Gasteiger partial charge in [-0.15, -0.1) is 0 Å². The van der Waals surface area contributed by atoms with E-state index in [1.807, 2.05) is 11.9 Å². The van der Waals surface area contributed by atoms with Gasteiger partial charge in [0.1, 0.15) is 0 Å². The summed E-state index contributed by atoms with van der Waals surface area (Å²) in [7, 11) is 1.92. The van der Waals surface area contributed by atoms with Gasteiger partial charge < -0.3 is 10.0 Å². The van der Waals surface area contributed by atoms with Crippen molar-refractivity contribution in [1.82, 2.24) is 4.90 Å². The first-order valence-electron chi connectivity index (χ1n) is 8.41. The second-order valence-corrected chi connectivity index (χ2v) is 7.42. The van der Waals surface area contributed by atoms with Gasteiger partial charge in [-0.05, 0) is 38.0 Å². The van der Waals surface area contributed by atoms with Crippen LogP contribution in [0.5, 0.6) is 0 Å². The third-order valence-corrected chi connectivity index (χ3v) is 5.33. The first-order valence-corrected chi connectivity index (χ1v) is 8.41. The van der Waals surface area contributed by atoms with Crippen LogP contribution in [0.4, 0.5) is 0 Å². The van der Waals surface area contributed by atoms with Gasteiger partial charge in [0.15, 0.2) is 0 Å². The number of rotatable bonds is 4. The van der Waals surface area contributed by atoms with Crippen LogP contribution in [0.25, 0.3) is 0 Å². The minimum Gasteiger partial charge on any atom is -0.391 e. The van der Waals surface area contributed by atoms with Crippen LogP contribution in [0, 0.1) is 11.3 Å². The number of hydrogen-bond donors (Lipinski definition) is 1. The van der Waals surface area contributed by atoms with E-state index in [1.54, 1.807) is 0 Å². The molecule has 116 valence electrons. The molecule has 1 amide bonds. The molecule has 2 atom stereocenters. The maximum atomic E-state index is 13.1. The highest BCUT2D eigenvalue weighted by molar-refractivity contribution is 5.83. The summed E-state index contributed by atoms with van der Waals surface area (Å²) in [5.74, 6) is 0.858. The summed E-state index contributed by atoms with van der Waals surface area (Å²) in [4.78, 5) is 15.0. The Kier molecular flexibility index (Phi) is 5.11. The van der Waals surface area contributed by atoms with Gasteiger partial charge in [0, 0.05) is 12.5 Å². The van der Waals surface area contributed by atoms with E-state index in [0.717, 1.165) is 44.9 Å². The van der Waals surface area contributed by atoms with Crippen molar-refractivity contribution >= 4 is 5.91 Å². The minimum atomic E-state index is -0.324. The SMILES string of the molecule is CC(C)CC1(C(=O)N(C)C2CCCCC2O)CCCC1. The molecule has 2 unspecified atom stereocenters. The summed E-state index contributed by atoms with van der Waals surface area (Å²) < 4.78 is 0. The Morgan fingerprint density at radius 1 is 1.20 bits per heavy atom. The molecule has 2 fully saturated rings. The van der Waals surface area contributed by atoms with Crippen LogP contribution < -0.4 is 0 Å². The number of aliphatic hydroxyl groups excluding tert-OH is 1. The summed E-state index contributed by atoms with van der Waals surface area (Å²) in [5, 5.41) is 10.2. The molecule has 3 heteroatoms. The summed E-state index contributed by atoms with van der Waals surface area (Å²) >= 11 is 0. The molecule has 2 aliphatic carbocycles. The molecule has 2 rings (SSSR count). The quantitative estimate of drug-likeness (QED) is 0.858. The largest absolute Gasteiger partial charge is 0.391 e. The molecule has 1 N–H and O–H groups in total. The van der Waals surface area contributed by atoms with Crippen LogP contribution in [0.2, 0.25) is 0 Å². The van der Waals surface area contributed by atoms with Crippen LogP contribution in [-0.2, 0) is 4.79 Å². The highest BCUT2D eigenvalue weighted by atomic mass is 16.3. The van der Waals surface area contributed by atoms with E-state index < -0.39 is 0 Å². The monoisotopic (exact) mass is 281 g/mol. The van der Waals surface area contributed by atoms with Crippen molar-refractivity contribution in [3.8, 4) is 0 Å². The first-order chi connectivity index (χ1) is 9.46. The van der Waals surface area contributed by atoms with Gasteiger partial charge in [-0.2, -0.15) is 0 Å². The Hall–Kier alpha value is -0.570. The fraction of sp³-hybridized carbons (Fsp3) is 0.941. The van der Waals surface area contributed by atoms with Crippen molar-refractivity contribution in [1.29, 1.82) is 0 Å². The van der Waals surface area contributed by atoms with Gasteiger partial charge in [-0.3, -0.25) is 4.79 Å². The average molecular weight is 281 g/mol. The fourth-order valence-corrected chi connectivity index (χ4v) is 4.41. The normalized spacial score (nSPS) is 29.6. The van der Waals surface area contributed by atoms with E-state index in [9.17, 15) is 9.90 Å². The van der Waals surface area contributed by atoms with Crippen LogP contribution in [-0.4, -0.2) is 35.1 Å². The van der Waals surface area contributed by atoms with Crippen molar-refractivity contribution < 1.29 is 9.90 Å². The van der Waals surface area contributed by atoms with Crippen molar-refractivity contribution in [3.63, 3.8) is 0 Å². The van der Waals surface area contributed by atoms with Crippen LogP contribution in [0.1, 0.15) is 71.6 Å². The molecule has 0 aromatic carbocycles. The van der Waals surface area contributed by atoms with E-state index in [1.165, 1.54) is 12.8 Å². The molecule has 2 saturated carbocycles. The minimum absolute atomic E-state index is 0.0425. The Morgan fingerprint density at radius 3 is 2.35 bits per heavy atom. The number of aliphatic hydroxyl groups is 1. The highest BCUT2D eigenvalue weighted by Gasteiger charge is 2.45. The molecule has 0 aromatic rings. The molecule has 0 saturated heterocycles. The molecule has 0 heterocycles. The number of hydrogen-bond acceptors (Lipinski definition) is 2. The predicted molar refractivity (Wildman–Crippen MR) is 81.4 cm³/mol. The summed E-state index contributed by atoms with van der Waals surface area (Å²) in [5.41, 5.74) is -0.139. The Labute approximate surface area is 123 Å². The number of carbonyl (C=O) groups excluding carboxylic acids is 1. The third kappa shape index (κ3) is 3.19. The second-order valence-electron chi connectivity index (χ2n) is 7.42. The van der Waals surface area contributed by atoms with E-state index >= 15 is 0 Å². The molecule has 0 aromatic heterocycles. The smallest absolute Gasteiger partial charge is 0.228 e. The number of amides is 1. The molecular formula is C17H31NO2. The predicted octanol–water partition coefficient (Wildman–Crippen LogP) is 3.35. The van der Waals surface area contributed by atoms with Crippen molar-refractivity contribution in [2.45, 2.75) is 83.8 Å². The van der Waals surface area contributed by atoms with Gasteiger partial charge in [0.2, 0.25) is 5.91 Å². The zero-order chi connectivity index (χ0) is 14.8. The van der Waals surface area contributed by atoms with E-state index in [0.29, 0.717) is 11.8 Å². The maximum Gasteiger partial charge on any atom is 0.228 e. The average Bonchev–Trinajstić information content (AvgIpc) is 2.86. The van der Waals surface area contributed by atoms with Gasteiger partial charge in [-0.25, -0.2) is 0 Å². The van der Waals surface area contributed by atoms with Gasteiger partial charge in [0.25, 0.3) is 0 Å². The second kappa shape index (κ2) is 6.46. The van der Waals surface area contributed by atoms with Crippen molar-refractivity contribution in [2.75, 3.05) is 7.05 Å². The van der Waals surface area contributed by atoms with Crippen molar-refractivity contribution in [3.05, 3.63) is 0 Å². The summed E-state index contributed by atoms with van der Waals surface area (Å²) in [6, 6.07) is 0.0425. The van der Waals surface area contributed by atoms with Gasteiger partial charge >= 0.3 is 0 Å². The fourth-order valence-electron chi connectivity index (χ4n) is 4.41. The summed E-state index contributed by atoms with van der Waals surface area (Å²) in [6.07, 6.45) is 9.15. The van der Waals surface area contributed by atoms with Crippen LogP contribution in [0.15, 0.2) is 0 Å². The number of likely N-dealkylation sites (N-methyl/N-ethyl adjacent to an activating group) is 1. The zero-order valence-corrected chi connectivity index (χ0v) is 13.4. The molecule has 20 heavy (non-hydrogen) atoms. The highest BCUT2D eigenvalue weighted by Crippen LogP contribution is 2.45. The van der Waals surface area contributed by atoms with Crippen LogP contribution >= 0.6 is 0 Å². The van der Waals surface area contributed by atoms with Crippen LogP contribution in [0.3, 0.4) is 0 Å². The molecule has 0 radical (unpaired) electrons. The lowest BCUT2D eigenvalue weighted by Gasteiger charge is -2.41. The lowest BCUT2D eigenvalue weighted by atomic mass is 9.76. The summed E-state index contributed by atoms with van der Waals surface area (Å²) in [6.45, 7) is 4.42. The molecule has 0 bridgehead atoms. The third-order valence-electron chi connectivity index (χ3n) is 5.33. The molecule has 2 aliphatic rings. The van der Waals surface area contributed by atoms with Crippen molar-refractivity contribution in [2.24, 2.45) is 11.3 Å². The van der Waals surface area contributed by atoms with E-state index in [2.05, 4.69) is 13.8 Å². The molecule has 0 aliphatic heterocycles. The lowest BCUT2D eigenvalue weighted by molar-refractivity contribution is -0.147. The standard InChI is InChI=1S/C17H31NO2/c1-13(2)12-17(10-6-7-11-17)16(20)18(3)14-8-4-5-9-15(14)19/h13-15,19H,4-12H2,1-3H3. The Bertz CT molecular complexity index is 334. The zero-order valence-electron chi connectivity index (χ0n) is 13.4. The van der Waals surface area contributed by atoms with E-state index in [4.69, 9.17) is 0 Å². The topological polar surface area (TPSA) is 40.5 Å². The molecule has 0 spiro atoms. The number of nitrogens with zero attached hydrogens (tertiary/aromatic N) is 1. The maximum absolute atomic E-state index is 13.1.